The number of ketones is 1. The number of hydrogen-bond donors (Lipinski definition) is 2. The summed E-state index contributed by atoms with van der Waals surface area (Å²) in [4.78, 5) is 18.2. The lowest BCUT2D eigenvalue weighted by Gasteiger charge is -2.42. The number of allylic oxidation sites excluding steroid dienone is 2. The van der Waals surface area contributed by atoms with Crippen molar-refractivity contribution in [2.24, 2.45) is 10.4 Å². The maximum Gasteiger partial charge on any atom is 0.252 e. The summed E-state index contributed by atoms with van der Waals surface area (Å²) in [5.74, 6) is -1.95. The molecule has 5 nitrogen and oxygen atoms in total. The fourth-order valence-corrected chi connectivity index (χ4v) is 3.90. The molecule has 0 fully saturated rings. The van der Waals surface area contributed by atoms with Crippen LogP contribution >= 0.6 is 0 Å². The molecular weight excluding hydrogens is 400 g/mol. The highest BCUT2D eigenvalue weighted by atomic mass is 16.6. The standard InChI is InChI=1S/C27H30N2O3/c1-26(2,3)23-18-32-27(31)22(28-17-16-19-10-6-4-7-11-19)15-14-21(25(27)29-23)24(30)20-12-8-5-9-13-20/h4-15,23,28,31H,16-18H2,1-3H3. The molecule has 0 spiro atoms. The maximum absolute atomic E-state index is 13.3. The van der Waals surface area contributed by atoms with E-state index in [9.17, 15) is 9.90 Å². The molecule has 2 aliphatic rings. The summed E-state index contributed by atoms with van der Waals surface area (Å²) in [6.07, 6.45) is 4.27. The Morgan fingerprint density at radius 3 is 2.41 bits per heavy atom. The smallest absolute Gasteiger partial charge is 0.252 e. The number of aliphatic hydroxyl groups is 1. The van der Waals surface area contributed by atoms with Crippen molar-refractivity contribution < 1.29 is 14.6 Å². The second-order valence-corrected chi connectivity index (χ2v) is 9.33. The van der Waals surface area contributed by atoms with Crippen LogP contribution in [0.25, 0.3) is 0 Å². The summed E-state index contributed by atoms with van der Waals surface area (Å²) in [7, 11) is 0. The molecule has 166 valence electrons. The zero-order valence-corrected chi connectivity index (χ0v) is 18.8. The van der Waals surface area contributed by atoms with E-state index < -0.39 is 5.79 Å². The minimum atomic E-state index is -1.77. The lowest BCUT2D eigenvalue weighted by atomic mass is 9.83. The Morgan fingerprint density at radius 2 is 1.75 bits per heavy atom. The highest BCUT2D eigenvalue weighted by Gasteiger charge is 2.48. The second kappa shape index (κ2) is 8.85. The van der Waals surface area contributed by atoms with E-state index in [1.54, 1.807) is 24.3 Å². The predicted molar refractivity (Wildman–Crippen MR) is 127 cm³/mol. The summed E-state index contributed by atoms with van der Waals surface area (Å²) in [6.45, 7) is 7.13. The van der Waals surface area contributed by atoms with Gasteiger partial charge in [-0.1, -0.05) is 81.4 Å². The van der Waals surface area contributed by atoms with E-state index in [1.807, 2.05) is 36.4 Å². The molecule has 1 aliphatic carbocycles. The highest BCUT2D eigenvalue weighted by Crippen LogP contribution is 2.36. The van der Waals surface area contributed by atoms with E-state index >= 15 is 0 Å². The molecule has 0 radical (unpaired) electrons. The third kappa shape index (κ3) is 4.45. The summed E-state index contributed by atoms with van der Waals surface area (Å²) in [6, 6.07) is 19.0. The first-order chi connectivity index (χ1) is 15.3. The van der Waals surface area contributed by atoms with Gasteiger partial charge in [-0.3, -0.25) is 9.79 Å². The lowest BCUT2D eigenvalue weighted by molar-refractivity contribution is -0.142. The van der Waals surface area contributed by atoms with Gasteiger partial charge in [0, 0.05) is 17.7 Å². The van der Waals surface area contributed by atoms with Crippen molar-refractivity contribution >= 4 is 11.5 Å². The van der Waals surface area contributed by atoms with E-state index in [4.69, 9.17) is 9.73 Å². The molecule has 2 aromatic carbocycles. The average Bonchev–Trinajstić information content (AvgIpc) is 2.79. The minimum Gasteiger partial charge on any atom is -0.383 e. The van der Waals surface area contributed by atoms with Crippen LogP contribution in [0.2, 0.25) is 0 Å². The Labute approximate surface area is 189 Å². The predicted octanol–water partition coefficient (Wildman–Crippen LogP) is 4.10. The average molecular weight is 431 g/mol. The Morgan fingerprint density at radius 1 is 1.09 bits per heavy atom. The molecule has 2 unspecified atom stereocenters. The third-order valence-electron chi connectivity index (χ3n) is 5.95. The van der Waals surface area contributed by atoms with Gasteiger partial charge in [-0.25, -0.2) is 0 Å². The molecule has 2 N–H and O–H groups in total. The monoisotopic (exact) mass is 430 g/mol. The van der Waals surface area contributed by atoms with Crippen molar-refractivity contribution in [1.82, 2.24) is 5.32 Å². The van der Waals surface area contributed by atoms with Crippen LogP contribution in [0.1, 0.15) is 36.7 Å². The van der Waals surface area contributed by atoms with Crippen molar-refractivity contribution in [1.29, 1.82) is 0 Å². The maximum atomic E-state index is 13.3. The van der Waals surface area contributed by atoms with E-state index in [0.717, 1.165) is 6.42 Å². The molecule has 5 heteroatoms. The van der Waals surface area contributed by atoms with Crippen LogP contribution < -0.4 is 5.32 Å². The van der Waals surface area contributed by atoms with Crippen molar-refractivity contribution in [2.75, 3.05) is 13.2 Å². The van der Waals surface area contributed by atoms with Gasteiger partial charge < -0.3 is 15.2 Å². The molecule has 0 aromatic heterocycles. The first-order valence-electron chi connectivity index (χ1n) is 11.0. The number of aliphatic imine (C=N–C) groups is 1. The van der Waals surface area contributed by atoms with Crippen LogP contribution in [0.3, 0.4) is 0 Å². The molecular formula is C27H30N2O3. The van der Waals surface area contributed by atoms with Crippen molar-refractivity contribution in [3.05, 3.63) is 95.2 Å². The number of Topliss-reactive ketones (excluding diaryl/α,β-unsaturated/α-hetero) is 1. The number of carbonyl (C=O) groups is 1. The first kappa shape index (κ1) is 22.2. The topological polar surface area (TPSA) is 70.9 Å². The van der Waals surface area contributed by atoms with E-state index in [-0.39, 0.29) is 29.6 Å². The Kier molecular flexibility index (Phi) is 6.13. The second-order valence-electron chi connectivity index (χ2n) is 9.33. The number of carbonyl (C=O) groups excluding carboxylic acids is 1. The quantitative estimate of drug-likeness (QED) is 0.677. The van der Waals surface area contributed by atoms with Gasteiger partial charge in [-0.2, -0.15) is 0 Å². The molecule has 4 rings (SSSR count). The van der Waals surface area contributed by atoms with Gasteiger partial charge >= 0.3 is 0 Å². The summed E-state index contributed by atoms with van der Waals surface area (Å²) in [5.41, 5.74) is 2.73. The number of fused-ring (bicyclic) bond motifs is 1. The molecule has 1 heterocycles. The van der Waals surface area contributed by atoms with Crippen LogP contribution in [0.4, 0.5) is 0 Å². The van der Waals surface area contributed by atoms with Gasteiger partial charge in [0.1, 0.15) is 5.71 Å². The lowest BCUT2D eigenvalue weighted by Crippen LogP contribution is -2.56. The highest BCUT2D eigenvalue weighted by molar-refractivity contribution is 6.31. The summed E-state index contributed by atoms with van der Waals surface area (Å²) in [5, 5.41) is 14.9. The van der Waals surface area contributed by atoms with Gasteiger partial charge in [0.15, 0.2) is 5.78 Å². The normalized spacial score (nSPS) is 22.9. The molecule has 2 atom stereocenters. The van der Waals surface area contributed by atoms with Gasteiger partial charge in [0.2, 0.25) is 0 Å². The molecule has 0 amide bonds. The summed E-state index contributed by atoms with van der Waals surface area (Å²) < 4.78 is 6.04. The Hall–Kier alpha value is -3.02. The molecule has 2 aromatic rings. The van der Waals surface area contributed by atoms with Gasteiger partial charge in [-0.15, -0.1) is 0 Å². The zero-order valence-electron chi connectivity index (χ0n) is 18.8. The number of nitrogens with one attached hydrogen (secondary N) is 1. The molecule has 0 bridgehead atoms. The number of nitrogens with zero attached hydrogens (tertiary/aromatic N) is 1. The van der Waals surface area contributed by atoms with E-state index in [2.05, 4.69) is 38.2 Å². The minimum absolute atomic E-state index is 0.169. The number of benzene rings is 2. The molecule has 0 saturated carbocycles. The Balaban J connectivity index is 1.66. The van der Waals surface area contributed by atoms with Crippen molar-refractivity contribution in [3.8, 4) is 0 Å². The first-order valence-corrected chi connectivity index (χ1v) is 11.0. The third-order valence-corrected chi connectivity index (χ3v) is 5.95. The SMILES string of the molecule is CC(C)(C)C1COC2(O)C(NCCc3ccccc3)=CC=C(C(=O)c3ccccc3)C2=N1. The van der Waals surface area contributed by atoms with Crippen LogP contribution in [-0.2, 0) is 11.2 Å². The molecule has 0 saturated heterocycles. The van der Waals surface area contributed by atoms with Crippen LogP contribution in [0.5, 0.6) is 0 Å². The Bertz CT molecular complexity index is 1070. The van der Waals surface area contributed by atoms with E-state index in [1.165, 1.54) is 5.56 Å². The van der Waals surface area contributed by atoms with Crippen LogP contribution in [-0.4, -0.2) is 41.6 Å². The van der Waals surface area contributed by atoms with Crippen LogP contribution in [0.15, 0.2) is 89.1 Å². The van der Waals surface area contributed by atoms with Gasteiger partial charge in [0.25, 0.3) is 5.79 Å². The number of hydrogen-bond acceptors (Lipinski definition) is 5. The molecule has 1 aliphatic heterocycles. The number of ether oxygens (including phenoxy) is 1. The van der Waals surface area contributed by atoms with Crippen molar-refractivity contribution in [2.45, 2.75) is 39.0 Å². The fourth-order valence-electron chi connectivity index (χ4n) is 3.90. The van der Waals surface area contributed by atoms with Gasteiger partial charge in [-0.05, 0) is 29.6 Å². The zero-order chi connectivity index (χ0) is 22.8. The summed E-state index contributed by atoms with van der Waals surface area (Å²) >= 11 is 0. The fraction of sp³-hybridized carbons (Fsp3) is 0.333. The largest absolute Gasteiger partial charge is 0.383 e. The van der Waals surface area contributed by atoms with Gasteiger partial charge in [0.05, 0.1) is 18.3 Å². The van der Waals surface area contributed by atoms with E-state index in [0.29, 0.717) is 23.4 Å². The molecule has 32 heavy (non-hydrogen) atoms. The van der Waals surface area contributed by atoms with Crippen LogP contribution in [0, 0.1) is 5.41 Å². The van der Waals surface area contributed by atoms with Crippen molar-refractivity contribution in [3.63, 3.8) is 0 Å². The number of rotatable bonds is 6.